The third kappa shape index (κ3) is 3.93. The molecule has 0 bridgehead atoms. The highest BCUT2D eigenvalue weighted by atomic mass is 15.1. The van der Waals surface area contributed by atoms with Gasteiger partial charge in [0.2, 0.25) is 0 Å². The molecule has 0 fully saturated rings. The summed E-state index contributed by atoms with van der Waals surface area (Å²) in [5, 5.41) is 0. The predicted molar refractivity (Wildman–Crippen MR) is 119 cm³/mol. The van der Waals surface area contributed by atoms with Crippen LogP contribution in [-0.4, -0.2) is 15.7 Å². The average molecular weight is 378 g/mol. The van der Waals surface area contributed by atoms with Crippen LogP contribution in [0.3, 0.4) is 0 Å². The lowest BCUT2D eigenvalue weighted by molar-refractivity contribution is -0.543. The molecule has 0 atom stereocenters. The van der Waals surface area contributed by atoms with Gasteiger partial charge in [0.05, 0.1) is 0 Å². The van der Waals surface area contributed by atoms with Crippen LogP contribution < -0.4 is 0 Å². The average Bonchev–Trinajstić information content (AvgIpc) is 3.37. The fourth-order valence-electron chi connectivity index (χ4n) is 4.18. The van der Waals surface area contributed by atoms with E-state index in [0.717, 1.165) is 26.2 Å². The molecule has 0 saturated heterocycles. The Morgan fingerprint density at radius 1 is 0.690 bits per heavy atom. The summed E-state index contributed by atoms with van der Waals surface area (Å²) >= 11 is 0. The fourth-order valence-corrected chi connectivity index (χ4v) is 4.18. The van der Waals surface area contributed by atoms with Crippen LogP contribution in [0.15, 0.2) is 97.2 Å². The number of benzene rings is 3. The van der Waals surface area contributed by atoms with E-state index in [1.54, 1.807) is 0 Å². The van der Waals surface area contributed by atoms with E-state index in [2.05, 4.69) is 113 Å². The van der Waals surface area contributed by atoms with Gasteiger partial charge in [0.25, 0.3) is 0 Å². The molecule has 2 aliphatic rings. The third-order valence-corrected chi connectivity index (χ3v) is 5.77. The number of rotatable bonds is 4. The summed E-state index contributed by atoms with van der Waals surface area (Å²) in [5.74, 6) is 0. The maximum Gasteiger partial charge on any atom is 0.169 e. The highest BCUT2D eigenvalue weighted by Crippen LogP contribution is 2.24. The topological polar surface area (TPSA) is 6.25 Å². The first-order chi connectivity index (χ1) is 14.3. The van der Waals surface area contributed by atoms with Crippen LogP contribution in [0.5, 0.6) is 0 Å². The zero-order valence-electron chi connectivity index (χ0n) is 16.5. The van der Waals surface area contributed by atoms with Crippen molar-refractivity contribution in [2.24, 2.45) is 0 Å². The van der Waals surface area contributed by atoms with Gasteiger partial charge >= 0.3 is 0 Å². The van der Waals surface area contributed by atoms with Gasteiger partial charge < -0.3 is 4.90 Å². The monoisotopic (exact) mass is 377 g/mol. The highest BCUT2D eigenvalue weighted by Gasteiger charge is 2.19. The molecule has 0 spiro atoms. The van der Waals surface area contributed by atoms with Crippen molar-refractivity contribution >= 4 is 11.8 Å². The van der Waals surface area contributed by atoms with Crippen molar-refractivity contribution in [3.8, 4) is 0 Å². The minimum atomic E-state index is 0.986. The van der Waals surface area contributed by atoms with Crippen molar-refractivity contribution in [1.29, 1.82) is 0 Å². The summed E-state index contributed by atoms with van der Waals surface area (Å²) in [4.78, 5) is 2.38. The van der Waals surface area contributed by atoms with Crippen LogP contribution in [0.1, 0.15) is 27.8 Å². The Morgan fingerprint density at radius 3 is 1.86 bits per heavy atom. The molecule has 142 valence electrons. The van der Waals surface area contributed by atoms with Crippen molar-refractivity contribution in [1.82, 2.24) is 4.90 Å². The smallest absolute Gasteiger partial charge is 0.169 e. The lowest BCUT2D eigenvalue weighted by atomic mass is 10.1. The first-order valence-electron chi connectivity index (χ1n) is 10.3. The van der Waals surface area contributed by atoms with Gasteiger partial charge in [0.15, 0.2) is 19.3 Å². The van der Waals surface area contributed by atoms with Crippen molar-refractivity contribution in [3.63, 3.8) is 0 Å². The molecule has 0 N–H and O–H groups in total. The largest absolute Gasteiger partial charge is 0.369 e. The van der Waals surface area contributed by atoms with E-state index in [1.807, 2.05) is 0 Å². The summed E-state index contributed by atoms with van der Waals surface area (Å²) in [6.45, 7) is 3.94. The second-order valence-corrected chi connectivity index (χ2v) is 7.80. The zero-order valence-corrected chi connectivity index (χ0v) is 16.5. The molecular formula is C27H25N2+. The summed E-state index contributed by atoms with van der Waals surface area (Å²) in [5.41, 5.74) is 8.21. The molecule has 2 nitrogen and oxygen atoms in total. The lowest BCUT2D eigenvalue weighted by Crippen LogP contribution is -2.07. The SMILES string of the molecule is C(=CN1Cc2ccccc2C1)C(=CC=[N+]1Cc2ccccc2C1)c1ccccc1. The number of fused-ring (bicyclic) bond motifs is 2. The second kappa shape index (κ2) is 7.92. The first kappa shape index (κ1) is 17.7. The lowest BCUT2D eigenvalue weighted by Gasteiger charge is -2.11. The zero-order chi connectivity index (χ0) is 19.5. The summed E-state index contributed by atoms with van der Waals surface area (Å²) < 4.78 is 2.38. The van der Waals surface area contributed by atoms with E-state index in [-0.39, 0.29) is 0 Å². The van der Waals surface area contributed by atoms with E-state index in [9.17, 15) is 0 Å². The Morgan fingerprint density at radius 2 is 1.24 bits per heavy atom. The minimum Gasteiger partial charge on any atom is -0.369 e. The van der Waals surface area contributed by atoms with Crippen molar-refractivity contribution < 1.29 is 4.58 Å². The van der Waals surface area contributed by atoms with Crippen LogP contribution in [0.4, 0.5) is 0 Å². The Hall–Kier alpha value is -3.39. The Balaban J connectivity index is 1.38. The summed E-state index contributed by atoms with van der Waals surface area (Å²) in [7, 11) is 0. The van der Waals surface area contributed by atoms with Crippen LogP contribution in [0, 0.1) is 0 Å². The van der Waals surface area contributed by atoms with Crippen LogP contribution in [0.25, 0.3) is 5.57 Å². The normalized spacial score (nSPS) is 15.7. The van der Waals surface area contributed by atoms with E-state index in [0.29, 0.717) is 0 Å². The minimum absolute atomic E-state index is 0.986. The molecule has 0 aromatic heterocycles. The molecule has 5 rings (SSSR count). The molecular weight excluding hydrogens is 352 g/mol. The summed E-state index contributed by atoms with van der Waals surface area (Å²) in [6.07, 6.45) is 8.98. The first-order valence-corrected chi connectivity index (χ1v) is 10.3. The van der Waals surface area contributed by atoms with Gasteiger partial charge in [-0.1, -0.05) is 78.9 Å². The maximum atomic E-state index is 2.38. The molecule has 2 heteroatoms. The second-order valence-electron chi connectivity index (χ2n) is 7.80. The van der Waals surface area contributed by atoms with Gasteiger partial charge in [0, 0.05) is 36.5 Å². The van der Waals surface area contributed by atoms with E-state index >= 15 is 0 Å². The summed E-state index contributed by atoms with van der Waals surface area (Å²) in [6, 6.07) is 28.1. The standard InChI is InChI=1S/C27H25N2/c1-2-8-22(9-3-1)23(14-16-28-18-24-10-4-5-11-25(24)19-28)15-17-29-20-26-12-6-7-13-27(26)21-29/h1-17H,18-21H2/q+1. The molecule has 2 heterocycles. The maximum absolute atomic E-state index is 2.38. The molecule has 0 unspecified atom stereocenters. The van der Waals surface area contributed by atoms with Gasteiger partial charge in [-0.05, 0) is 28.3 Å². The quantitative estimate of drug-likeness (QED) is 0.436. The molecule has 0 saturated carbocycles. The Kier molecular flexibility index (Phi) is 4.83. The molecule has 29 heavy (non-hydrogen) atoms. The molecule has 0 amide bonds. The van der Waals surface area contributed by atoms with Gasteiger partial charge in [-0.15, -0.1) is 0 Å². The molecule has 3 aromatic carbocycles. The Labute approximate surface area is 172 Å². The fraction of sp³-hybridized carbons (Fsp3) is 0.148. The van der Waals surface area contributed by atoms with Crippen molar-refractivity contribution in [2.45, 2.75) is 26.2 Å². The van der Waals surface area contributed by atoms with Gasteiger partial charge in [-0.25, -0.2) is 4.58 Å². The predicted octanol–water partition coefficient (Wildman–Crippen LogP) is 5.40. The molecule has 3 aromatic rings. The number of allylic oxidation sites excluding steroid dienone is 3. The van der Waals surface area contributed by atoms with Crippen LogP contribution >= 0.6 is 0 Å². The molecule has 0 radical (unpaired) electrons. The number of hydrogen-bond donors (Lipinski definition) is 0. The number of nitrogens with zero attached hydrogens (tertiary/aromatic N) is 2. The number of hydrogen-bond acceptors (Lipinski definition) is 1. The molecule has 2 aliphatic heterocycles. The van der Waals surface area contributed by atoms with Crippen molar-refractivity contribution in [2.75, 3.05) is 0 Å². The highest BCUT2D eigenvalue weighted by molar-refractivity contribution is 5.86. The van der Waals surface area contributed by atoms with Gasteiger partial charge in [-0.3, -0.25) is 0 Å². The van der Waals surface area contributed by atoms with E-state index < -0.39 is 0 Å². The van der Waals surface area contributed by atoms with E-state index in [4.69, 9.17) is 0 Å². The van der Waals surface area contributed by atoms with Crippen LogP contribution in [0.2, 0.25) is 0 Å². The van der Waals surface area contributed by atoms with Gasteiger partial charge in [-0.2, -0.15) is 0 Å². The van der Waals surface area contributed by atoms with Gasteiger partial charge in [0.1, 0.15) is 0 Å². The van der Waals surface area contributed by atoms with Crippen LogP contribution in [-0.2, 0) is 26.2 Å². The third-order valence-electron chi connectivity index (χ3n) is 5.77. The van der Waals surface area contributed by atoms with Crippen molar-refractivity contribution in [3.05, 3.63) is 125 Å². The molecule has 0 aliphatic carbocycles. The van der Waals surface area contributed by atoms with E-state index in [1.165, 1.54) is 33.4 Å². The Bertz CT molecular complexity index is 1050.